The molecule has 0 unspecified atom stereocenters. The van der Waals surface area contributed by atoms with Crippen molar-refractivity contribution in [2.45, 2.75) is 71.9 Å². The Hall–Kier alpha value is -2.68. The zero-order valence-corrected chi connectivity index (χ0v) is 21.7. The van der Waals surface area contributed by atoms with Crippen LogP contribution in [0.5, 0.6) is 0 Å². The summed E-state index contributed by atoms with van der Waals surface area (Å²) in [5, 5.41) is 2.94. The van der Waals surface area contributed by atoms with E-state index >= 15 is 0 Å². The summed E-state index contributed by atoms with van der Waals surface area (Å²) in [6.07, 6.45) is 2.78. The monoisotopic (exact) mass is 506 g/mol. The number of esters is 1. The van der Waals surface area contributed by atoms with Gasteiger partial charge in [-0.15, -0.1) is 0 Å². The molecule has 2 aliphatic heterocycles. The van der Waals surface area contributed by atoms with Gasteiger partial charge in [-0.25, -0.2) is 4.98 Å². The van der Waals surface area contributed by atoms with Gasteiger partial charge >= 0.3 is 5.97 Å². The standard InChI is InChI=1S/C25H35ClN4O5/c1-5-17(31)14-27-23(33)18-13-19(26)22(28-20(18)15-30-10-6-7-21(30)32)29-11-8-16(9-12-29)24(34)35-25(2,3)4/h13,16H,5-12,14-15H2,1-4H3,(H,27,33). The number of pyridine rings is 1. The Morgan fingerprint density at radius 3 is 2.46 bits per heavy atom. The summed E-state index contributed by atoms with van der Waals surface area (Å²) in [6, 6.07) is 1.56. The van der Waals surface area contributed by atoms with Crippen molar-refractivity contribution in [2.24, 2.45) is 5.92 Å². The lowest BCUT2D eigenvalue weighted by Crippen LogP contribution is -2.39. The average Bonchev–Trinajstić information content (AvgIpc) is 3.21. The number of ether oxygens (including phenoxy) is 1. The van der Waals surface area contributed by atoms with Crippen molar-refractivity contribution in [3.05, 3.63) is 22.3 Å². The van der Waals surface area contributed by atoms with E-state index in [1.165, 1.54) is 0 Å². The van der Waals surface area contributed by atoms with Gasteiger partial charge in [-0.05, 0) is 46.1 Å². The lowest BCUT2D eigenvalue weighted by atomic mass is 9.96. The van der Waals surface area contributed by atoms with Crippen LogP contribution < -0.4 is 10.2 Å². The van der Waals surface area contributed by atoms with Gasteiger partial charge in [0.25, 0.3) is 5.91 Å². The van der Waals surface area contributed by atoms with E-state index in [1.54, 1.807) is 17.9 Å². The topological polar surface area (TPSA) is 109 Å². The molecule has 2 aliphatic rings. The number of rotatable bonds is 8. The maximum atomic E-state index is 12.9. The Morgan fingerprint density at radius 1 is 1.20 bits per heavy atom. The first-order valence-corrected chi connectivity index (χ1v) is 12.6. The first kappa shape index (κ1) is 26.9. The van der Waals surface area contributed by atoms with Gasteiger partial charge in [0.15, 0.2) is 5.78 Å². The summed E-state index contributed by atoms with van der Waals surface area (Å²) in [5.74, 6) is -0.368. The number of carbonyl (C=O) groups excluding carboxylic acids is 4. The Labute approximate surface area is 211 Å². The van der Waals surface area contributed by atoms with Crippen molar-refractivity contribution in [1.29, 1.82) is 0 Å². The van der Waals surface area contributed by atoms with Crippen LogP contribution in [0.2, 0.25) is 5.02 Å². The molecule has 0 atom stereocenters. The lowest BCUT2D eigenvalue weighted by Gasteiger charge is -2.34. The average molecular weight is 507 g/mol. The van der Waals surface area contributed by atoms with E-state index in [0.717, 1.165) is 6.42 Å². The highest BCUT2D eigenvalue weighted by atomic mass is 35.5. The van der Waals surface area contributed by atoms with Gasteiger partial charge in [-0.1, -0.05) is 18.5 Å². The van der Waals surface area contributed by atoms with Crippen LogP contribution in [0.25, 0.3) is 0 Å². The number of carbonyl (C=O) groups is 4. The number of nitrogens with one attached hydrogen (secondary N) is 1. The smallest absolute Gasteiger partial charge is 0.309 e. The van der Waals surface area contributed by atoms with Gasteiger partial charge < -0.3 is 19.9 Å². The molecule has 1 aromatic rings. The fraction of sp³-hybridized carbons (Fsp3) is 0.640. The number of ketones is 1. The van der Waals surface area contributed by atoms with Crippen LogP contribution in [0.4, 0.5) is 5.82 Å². The molecule has 1 aromatic heterocycles. The molecular formula is C25H35ClN4O5. The van der Waals surface area contributed by atoms with E-state index in [-0.39, 0.29) is 42.2 Å². The third kappa shape index (κ3) is 7.16. The van der Waals surface area contributed by atoms with Gasteiger partial charge in [-0.3, -0.25) is 19.2 Å². The normalized spacial score (nSPS) is 17.0. The second kappa shape index (κ2) is 11.4. The van der Waals surface area contributed by atoms with E-state index in [2.05, 4.69) is 5.32 Å². The van der Waals surface area contributed by atoms with Crippen molar-refractivity contribution >= 4 is 41.0 Å². The molecule has 1 N–H and O–H groups in total. The molecule has 0 spiro atoms. The van der Waals surface area contributed by atoms with Crippen LogP contribution in [-0.4, -0.2) is 65.2 Å². The van der Waals surface area contributed by atoms with Crippen LogP contribution in [0.3, 0.4) is 0 Å². The molecule has 3 rings (SSSR count). The molecule has 2 amide bonds. The van der Waals surface area contributed by atoms with Crippen molar-refractivity contribution in [1.82, 2.24) is 15.2 Å². The third-order valence-corrected chi connectivity index (χ3v) is 6.45. The minimum absolute atomic E-state index is 0.0222. The van der Waals surface area contributed by atoms with Crippen molar-refractivity contribution in [3.63, 3.8) is 0 Å². The van der Waals surface area contributed by atoms with Crippen LogP contribution in [0.1, 0.15) is 75.9 Å². The Balaban J connectivity index is 1.80. The SMILES string of the molecule is CCC(=O)CNC(=O)c1cc(Cl)c(N2CCC(C(=O)OC(C)(C)C)CC2)nc1CN1CCCC1=O. The molecule has 10 heteroatoms. The highest BCUT2D eigenvalue weighted by Gasteiger charge is 2.31. The Bertz CT molecular complexity index is 983. The Kier molecular flexibility index (Phi) is 8.74. The zero-order valence-electron chi connectivity index (χ0n) is 21.0. The number of nitrogens with zero attached hydrogens (tertiary/aromatic N) is 3. The number of hydrogen-bond donors (Lipinski definition) is 1. The van der Waals surface area contributed by atoms with Crippen molar-refractivity contribution in [3.8, 4) is 0 Å². The second-order valence-corrected chi connectivity index (χ2v) is 10.5. The number of aromatic nitrogens is 1. The minimum atomic E-state index is -0.529. The summed E-state index contributed by atoms with van der Waals surface area (Å²) in [5.41, 5.74) is 0.167. The zero-order chi connectivity index (χ0) is 25.8. The molecule has 192 valence electrons. The largest absolute Gasteiger partial charge is 0.460 e. The molecule has 0 aliphatic carbocycles. The molecule has 3 heterocycles. The summed E-state index contributed by atoms with van der Waals surface area (Å²) in [4.78, 5) is 57.7. The quantitative estimate of drug-likeness (QED) is 0.539. The molecule has 0 radical (unpaired) electrons. The number of likely N-dealkylation sites (tertiary alicyclic amines) is 1. The number of amides is 2. The molecule has 0 saturated carbocycles. The maximum Gasteiger partial charge on any atom is 0.309 e. The Morgan fingerprint density at radius 2 is 1.89 bits per heavy atom. The van der Waals surface area contributed by atoms with Crippen molar-refractivity contribution in [2.75, 3.05) is 31.1 Å². The summed E-state index contributed by atoms with van der Waals surface area (Å²) in [7, 11) is 0. The number of Topliss-reactive ketones (excluding diaryl/α,β-unsaturated/α-hetero) is 1. The molecule has 9 nitrogen and oxygen atoms in total. The summed E-state index contributed by atoms with van der Waals surface area (Å²) < 4.78 is 5.53. The van der Waals surface area contributed by atoms with Crippen LogP contribution in [0, 0.1) is 5.92 Å². The van der Waals surface area contributed by atoms with Gasteiger partial charge in [-0.2, -0.15) is 0 Å². The second-order valence-electron chi connectivity index (χ2n) is 10.1. The highest BCUT2D eigenvalue weighted by molar-refractivity contribution is 6.33. The predicted molar refractivity (Wildman–Crippen MR) is 132 cm³/mol. The van der Waals surface area contributed by atoms with Gasteiger partial charge in [0.1, 0.15) is 11.4 Å². The first-order valence-electron chi connectivity index (χ1n) is 12.2. The van der Waals surface area contributed by atoms with Gasteiger partial charge in [0.2, 0.25) is 5.91 Å². The third-order valence-electron chi connectivity index (χ3n) is 6.17. The molecule has 2 fully saturated rings. The fourth-order valence-corrected chi connectivity index (χ4v) is 4.49. The highest BCUT2D eigenvalue weighted by Crippen LogP contribution is 2.31. The van der Waals surface area contributed by atoms with E-state index in [4.69, 9.17) is 21.3 Å². The van der Waals surface area contributed by atoms with Gasteiger partial charge in [0.05, 0.1) is 35.3 Å². The number of piperidine rings is 1. The molecular weight excluding hydrogens is 472 g/mol. The van der Waals surface area contributed by atoms with E-state index in [9.17, 15) is 19.2 Å². The van der Waals surface area contributed by atoms with Crippen LogP contribution in [0.15, 0.2) is 6.07 Å². The number of halogens is 1. The predicted octanol–water partition coefficient (Wildman–Crippen LogP) is 3.12. The van der Waals surface area contributed by atoms with Crippen molar-refractivity contribution < 1.29 is 23.9 Å². The van der Waals surface area contributed by atoms with Crippen LogP contribution >= 0.6 is 11.6 Å². The number of anilines is 1. The molecule has 0 bridgehead atoms. The minimum Gasteiger partial charge on any atom is -0.460 e. The maximum absolute atomic E-state index is 12.9. The number of hydrogen-bond acceptors (Lipinski definition) is 7. The van der Waals surface area contributed by atoms with E-state index < -0.39 is 11.5 Å². The lowest BCUT2D eigenvalue weighted by molar-refractivity contribution is -0.160. The van der Waals surface area contributed by atoms with Crippen LogP contribution in [-0.2, 0) is 25.7 Å². The van der Waals surface area contributed by atoms with E-state index in [0.29, 0.717) is 61.9 Å². The summed E-state index contributed by atoms with van der Waals surface area (Å²) >= 11 is 6.58. The molecule has 35 heavy (non-hydrogen) atoms. The molecule has 2 saturated heterocycles. The van der Waals surface area contributed by atoms with Gasteiger partial charge in [0, 0.05) is 32.5 Å². The first-order chi connectivity index (χ1) is 16.5. The van der Waals surface area contributed by atoms with E-state index in [1.807, 2.05) is 25.7 Å². The summed E-state index contributed by atoms with van der Waals surface area (Å²) in [6.45, 7) is 9.15. The molecule has 0 aromatic carbocycles. The fourth-order valence-electron chi connectivity index (χ4n) is 4.22.